The molecule has 0 aliphatic carbocycles. The zero-order valence-corrected chi connectivity index (χ0v) is 9.09. The quantitative estimate of drug-likeness (QED) is 0.253. The summed E-state index contributed by atoms with van der Waals surface area (Å²) >= 11 is 0. The van der Waals surface area contributed by atoms with Crippen LogP contribution >= 0.6 is 7.82 Å². The summed E-state index contributed by atoms with van der Waals surface area (Å²) in [7, 11) is -4.64. The van der Waals surface area contributed by atoms with Gasteiger partial charge in [-0.1, -0.05) is 0 Å². The third-order valence-corrected chi connectivity index (χ3v) is 0. The fourth-order valence-corrected chi connectivity index (χ4v) is 0. The second kappa shape index (κ2) is 9.64. The Labute approximate surface area is 105 Å². The van der Waals surface area contributed by atoms with E-state index in [-0.39, 0.29) is 79.3 Å². The monoisotopic (exact) mass is 176 g/mol. The molecule has 0 aromatic rings. The van der Waals surface area contributed by atoms with E-state index in [1.54, 1.807) is 0 Å². The van der Waals surface area contributed by atoms with E-state index in [4.69, 9.17) is 19.2 Å². The summed E-state index contributed by atoms with van der Waals surface area (Å²) < 4.78 is 8.88. The normalized spacial score (nSPS) is 7.38. The maximum atomic E-state index is 8.88. The summed E-state index contributed by atoms with van der Waals surface area (Å²) in [4.78, 5) is 21.6. The SMILES string of the molecule is O=P(O)(O)O.[AlH3].[H-].[H-].[Na+].[Na+]. The van der Waals surface area contributed by atoms with Crippen molar-refractivity contribution in [3.8, 4) is 0 Å². The van der Waals surface area contributed by atoms with Gasteiger partial charge >= 0.3 is 66.9 Å². The summed E-state index contributed by atoms with van der Waals surface area (Å²) in [6.07, 6.45) is 0. The zero-order chi connectivity index (χ0) is 4.50. The molecular formula is H8AlNa2O4P. The second-order valence-corrected chi connectivity index (χ2v) is 1.54. The third-order valence-electron chi connectivity index (χ3n) is 0. The minimum atomic E-state index is -4.64. The van der Waals surface area contributed by atoms with E-state index in [2.05, 4.69) is 0 Å². The maximum Gasteiger partial charge on any atom is 1.00 e. The Morgan fingerprint density at radius 1 is 1.12 bits per heavy atom. The van der Waals surface area contributed by atoms with E-state index in [0.29, 0.717) is 0 Å². The van der Waals surface area contributed by atoms with Gasteiger partial charge in [0.15, 0.2) is 17.4 Å². The first-order valence-corrected chi connectivity index (χ1v) is 2.35. The third kappa shape index (κ3) is 72.3. The van der Waals surface area contributed by atoms with Crippen molar-refractivity contribution in [1.29, 1.82) is 0 Å². The van der Waals surface area contributed by atoms with E-state index in [1.807, 2.05) is 0 Å². The topological polar surface area (TPSA) is 77.8 Å². The van der Waals surface area contributed by atoms with Crippen LogP contribution in [-0.4, -0.2) is 32.0 Å². The zero-order valence-electron chi connectivity index (χ0n) is 6.20. The van der Waals surface area contributed by atoms with Crippen molar-refractivity contribution >= 4 is 25.2 Å². The molecule has 0 aliphatic heterocycles. The van der Waals surface area contributed by atoms with Crippen molar-refractivity contribution in [2.45, 2.75) is 0 Å². The average molecular weight is 176 g/mol. The van der Waals surface area contributed by atoms with Gasteiger partial charge in [-0.2, -0.15) is 0 Å². The summed E-state index contributed by atoms with van der Waals surface area (Å²) in [6.45, 7) is 0. The Morgan fingerprint density at radius 2 is 1.12 bits per heavy atom. The van der Waals surface area contributed by atoms with Crippen LogP contribution in [0, 0.1) is 0 Å². The van der Waals surface area contributed by atoms with Gasteiger partial charge in [-0.15, -0.1) is 0 Å². The van der Waals surface area contributed by atoms with E-state index in [9.17, 15) is 0 Å². The fourth-order valence-electron chi connectivity index (χ4n) is 0. The van der Waals surface area contributed by atoms with Crippen LogP contribution in [0.2, 0.25) is 0 Å². The van der Waals surface area contributed by atoms with Gasteiger partial charge in [0, 0.05) is 0 Å². The molecule has 0 atom stereocenters. The van der Waals surface area contributed by atoms with E-state index < -0.39 is 7.82 Å². The van der Waals surface area contributed by atoms with Gasteiger partial charge in [0.1, 0.15) is 0 Å². The average Bonchev–Trinajstić information content (AvgIpc) is 0.722. The Hall–Kier alpha value is 2.64. The molecule has 0 spiro atoms. The van der Waals surface area contributed by atoms with Crippen molar-refractivity contribution in [2.24, 2.45) is 0 Å². The standard InChI is InChI=1S/Al.2Na.H3O4P.5H/c;;;1-5(2,3)4;;;;;/h;;;(H3,1,2,3,4);;;;;/q;2*+1;;;;;2*-1. The summed E-state index contributed by atoms with van der Waals surface area (Å²) in [5.74, 6) is 0. The second-order valence-electron chi connectivity index (χ2n) is 0.513. The van der Waals surface area contributed by atoms with E-state index in [0.717, 1.165) is 0 Å². The molecule has 0 unspecified atom stereocenters. The van der Waals surface area contributed by atoms with Crippen LogP contribution in [0.4, 0.5) is 0 Å². The number of hydrogen-bond acceptors (Lipinski definition) is 1. The summed E-state index contributed by atoms with van der Waals surface area (Å²) in [6, 6.07) is 0. The molecular weight excluding hydrogens is 168 g/mol. The van der Waals surface area contributed by atoms with Gasteiger partial charge in [0.05, 0.1) is 0 Å². The van der Waals surface area contributed by atoms with Crippen molar-refractivity contribution < 1.29 is 81.2 Å². The first-order valence-electron chi connectivity index (χ1n) is 0.783. The predicted molar refractivity (Wildman–Crippen MR) is 26.4 cm³/mol. The van der Waals surface area contributed by atoms with Crippen molar-refractivity contribution in [3.05, 3.63) is 0 Å². The molecule has 3 N–H and O–H groups in total. The van der Waals surface area contributed by atoms with Crippen LogP contribution in [0.25, 0.3) is 0 Å². The summed E-state index contributed by atoms with van der Waals surface area (Å²) in [5, 5.41) is 0. The minimum absolute atomic E-state index is 0. The molecule has 0 aromatic carbocycles. The fraction of sp³-hybridized carbons (Fsp3) is 0. The predicted octanol–water partition coefficient (Wildman–Crippen LogP) is -7.88. The van der Waals surface area contributed by atoms with Gasteiger partial charge in [0.25, 0.3) is 0 Å². The van der Waals surface area contributed by atoms with Crippen molar-refractivity contribution in [1.82, 2.24) is 0 Å². The largest absolute Gasteiger partial charge is 1.00 e. The molecule has 0 amide bonds. The maximum absolute atomic E-state index is 8.88. The molecule has 0 aliphatic rings. The van der Waals surface area contributed by atoms with Crippen LogP contribution in [0.3, 0.4) is 0 Å². The molecule has 0 radical (unpaired) electrons. The van der Waals surface area contributed by atoms with Crippen LogP contribution in [0.5, 0.6) is 0 Å². The molecule has 0 rings (SSSR count). The first kappa shape index (κ1) is 22.4. The first-order chi connectivity index (χ1) is 2.00. The molecule has 8 heteroatoms. The number of rotatable bonds is 0. The summed E-state index contributed by atoms with van der Waals surface area (Å²) in [5.41, 5.74) is 0. The van der Waals surface area contributed by atoms with Gasteiger partial charge in [-0.3, -0.25) is 0 Å². The van der Waals surface area contributed by atoms with Crippen LogP contribution in [0.15, 0.2) is 0 Å². The Kier molecular flexibility index (Phi) is 27.0. The van der Waals surface area contributed by atoms with Crippen molar-refractivity contribution in [2.75, 3.05) is 0 Å². The number of phosphoric acid groups is 1. The number of hydrogen-bond donors (Lipinski definition) is 3. The van der Waals surface area contributed by atoms with Gasteiger partial charge in [0.2, 0.25) is 0 Å². The Balaban J connectivity index is -0.00000000800. The smallest absolute Gasteiger partial charge is 1.00 e. The van der Waals surface area contributed by atoms with Crippen LogP contribution in [0.1, 0.15) is 2.85 Å². The molecule has 0 saturated carbocycles. The molecule has 0 saturated heterocycles. The molecule has 0 bridgehead atoms. The Morgan fingerprint density at radius 3 is 1.12 bits per heavy atom. The Bertz CT molecular complexity index is 67.4. The molecule has 0 aromatic heterocycles. The molecule has 4 nitrogen and oxygen atoms in total. The van der Waals surface area contributed by atoms with E-state index >= 15 is 0 Å². The van der Waals surface area contributed by atoms with E-state index in [1.165, 1.54) is 0 Å². The minimum Gasteiger partial charge on any atom is -1.00 e. The van der Waals surface area contributed by atoms with Crippen LogP contribution < -0.4 is 59.1 Å². The molecule has 0 heterocycles. The van der Waals surface area contributed by atoms with Gasteiger partial charge in [-0.25, -0.2) is 4.57 Å². The van der Waals surface area contributed by atoms with Crippen molar-refractivity contribution in [3.63, 3.8) is 0 Å². The van der Waals surface area contributed by atoms with Gasteiger partial charge < -0.3 is 17.5 Å². The van der Waals surface area contributed by atoms with Gasteiger partial charge in [-0.05, 0) is 0 Å². The molecule has 8 heavy (non-hydrogen) atoms. The molecule has 42 valence electrons. The molecule has 0 fully saturated rings. The van der Waals surface area contributed by atoms with Crippen LogP contribution in [-0.2, 0) is 4.57 Å².